The average molecular weight is 222 g/mol. The van der Waals surface area contributed by atoms with E-state index in [1.807, 2.05) is 12.1 Å². The third-order valence-electron chi connectivity index (χ3n) is 3.26. The van der Waals surface area contributed by atoms with Crippen LogP contribution >= 0.6 is 0 Å². The largest absolute Gasteiger partial charge is 0.367 e. The first-order valence-corrected chi connectivity index (χ1v) is 5.92. The van der Waals surface area contributed by atoms with Gasteiger partial charge in [0.15, 0.2) is 0 Å². The van der Waals surface area contributed by atoms with Crippen molar-refractivity contribution in [1.82, 2.24) is 4.90 Å². The van der Waals surface area contributed by atoms with Gasteiger partial charge in [-0.25, -0.2) is 4.39 Å². The fourth-order valence-electron chi connectivity index (χ4n) is 2.07. The molecule has 0 saturated carbocycles. The predicted molar refractivity (Wildman–Crippen MR) is 65.5 cm³/mol. The summed E-state index contributed by atoms with van der Waals surface area (Å²) >= 11 is 0. The Kier molecular flexibility index (Phi) is 3.44. The van der Waals surface area contributed by atoms with E-state index in [0.717, 1.165) is 38.3 Å². The molecule has 1 fully saturated rings. The Balaban J connectivity index is 2.19. The van der Waals surface area contributed by atoms with Crippen molar-refractivity contribution in [3.05, 3.63) is 29.6 Å². The molecular weight excluding hydrogens is 203 g/mol. The molecule has 1 heterocycles. The Labute approximate surface area is 96.7 Å². The number of hydrogen-bond acceptors (Lipinski definition) is 2. The molecule has 0 bridgehead atoms. The van der Waals surface area contributed by atoms with Crippen molar-refractivity contribution in [2.45, 2.75) is 13.3 Å². The maximum Gasteiger partial charge on any atom is 0.146 e. The quantitative estimate of drug-likeness (QED) is 0.756. The summed E-state index contributed by atoms with van der Waals surface area (Å²) in [6, 6.07) is 5.45. The lowest BCUT2D eigenvalue weighted by Gasteiger charge is -2.34. The van der Waals surface area contributed by atoms with Crippen LogP contribution < -0.4 is 4.90 Å². The zero-order chi connectivity index (χ0) is 11.5. The van der Waals surface area contributed by atoms with Crippen LogP contribution in [0.15, 0.2) is 18.2 Å². The van der Waals surface area contributed by atoms with Gasteiger partial charge in [0.05, 0.1) is 5.69 Å². The smallest absolute Gasteiger partial charge is 0.146 e. The Bertz CT molecular complexity index is 357. The summed E-state index contributed by atoms with van der Waals surface area (Å²) in [4.78, 5) is 4.42. The first kappa shape index (κ1) is 11.4. The van der Waals surface area contributed by atoms with Crippen molar-refractivity contribution in [1.29, 1.82) is 0 Å². The topological polar surface area (TPSA) is 6.48 Å². The maximum absolute atomic E-state index is 13.7. The summed E-state index contributed by atoms with van der Waals surface area (Å²) in [6.45, 7) is 5.95. The van der Waals surface area contributed by atoms with E-state index in [1.54, 1.807) is 6.07 Å². The summed E-state index contributed by atoms with van der Waals surface area (Å²) in [5.41, 5.74) is 1.97. The first-order chi connectivity index (χ1) is 7.70. The number of anilines is 1. The molecule has 1 aliphatic rings. The van der Waals surface area contributed by atoms with E-state index < -0.39 is 0 Å². The van der Waals surface area contributed by atoms with Crippen LogP contribution in [-0.2, 0) is 6.42 Å². The number of hydrogen-bond donors (Lipinski definition) is 0. The van der Waals surface area contributed by atoms with Crippen LogP contribution in [-0.4, -0.2) is 38.1 Å². The summed E-state index contributed by atoms with van der Waals surface area (Å²) in [6.07, 6.45) is 0.959. The number of piperazine rings is 1. The molecule has 0 spiro atoms. The van der Waals surface area contributed by atoms with Gasteiger partial charge in [-0.15, -0.1) is 0 Å². The second-order valence-electron chi connectivity index (χ2n) is 4.43. The van der Waals surface area contributed by atoms with E-state index in [2.05, 4.69) is 23.8 Å². The SMILES string of the molecule is CCc1ccc(F)c(N2CCN(C)CC2)c1. The Morgan fingerprint density at radius 2 is 1.88 bits per heavy atom. The minimum absolute atomic E-state index is 0.0956. The van der Waals surface area contributed by atoms with Crippen molar-refractivity contribution in [2.75, 3.05) is 38.1 Å². The summed E-state index contributed by atoms with van der Waals surface area (Å²) in [5.74, 6) is -0.0956. The maximum atomic E-state index is 13.7. The minimum Gasteiger partial charge on any atom is -0.367 e. The van der Waals surface area contributed by atoms with Crippen molar-refractivity contribution >= 4 is 5.69 Å². The van der Waals surface area contributed by atoms with Gasteiger partial charge < -0.3 is 9.80 Å². The number of rotatable bonds is 2. The summed E-state index contributed by atoms with van der Waals surface area (Å²) in [7, 11) is 2.11. The predicted octanol–water partition coefficient (Wildman–Crippen LogP) is 2.14. The van der Waals surface area contributed by atoms with Crippen molar-refractivity contribution < 1.29 is 4.39 Å². The van der Waals surface area contributed by atoms with Crippen LogP contribution in [0.3, 0.4) is 0 Å². The van der Waals surface area contributed by atoms with Crippen molar-refractivity contribution in [3.63, 3.8) is 0 Å². The molecule has 88 valence electrons. The molecule has 1 aromatic rings. The van der Waals surface area contributed by atoms with E-state index >= 15 is 0 Å². The van der Waals surface area contributed by atoms with Gasteiger partial charge in [0.2, 0.25) is 0 Å². The van der Waals surface area contributed by atoms with Crippen molar-refractivity contribution in [3.8, 4) is 0 Å². The molecule has 2 nitrogen and oxygen atoms in total. The number of nitrogens with zero attached hydrogens (tertiary/aromatic N) is 2. The van der Waals surface area contributed by atoms with Crippen LogP contribution in [0, 0.1) is 5.82 Å². The molecule has 3 heteroatoms. The highest BCUT2D eigenvalue weighted by molar-refractivity contribution is 5.50. The van der Waals surface area contributed by atoms with E-state index in [9.17, 15) is 4.39 Å². The van der Waals surface area contributed by atoms with Gasteiger partial charge in [0.1, 0.15) is 5.82 Å². The van der Waals surface area contributed by atoms with Crippen LogP contribution in [0.1, 0.15) is 12.5 Å². The molecule has 1 aliphatic heterocycles. The van der Waals surface area contributed by atoms with E-state index in [0.29, 0.717) is 0 Å². The second-order valence-corrected chi connectivity index (χ2v) is 4.43. The number of halogens is 1. The summed E-state index contributed by atoms with van der Waals surface area (Å²) < 4.78 is 13.7. The summed E-state index contributed by atoms with van der Waals surface area (Å²) in [5, 5.41) is 0. The number of aryl methyl sites for hydroxylation is 1. The molecule has 0 atom stereocenters. The lowest BCUT2D eigenvalue weighted by atomic mass is 10.1. The minimum atomic E-state index is -0.0956. The standard InChI is InChI=1S/C13H19FN2/c1-3-11-4-5-12(14)13(10-11)16-8-6-15(2)7-9-16/h4-5,10H,3,6-9H2,1-2H3. The Morgan fingerprint density at radius 1 is 1.19 bits per heavy atom. The fourth-order valence-corrected chi connectivity index (χ4v) is 2.07. The van der Waals surface area contributed by atoms with E-state index in [4.69, 9.17) is 0 Å². The zero-order valence-corrected chi connectivity index (χ0v) is 10.0. The van der Waals surface area contributed by atoms with Gasteiger partial charge in [-0.2, -0.15) is 0 Å². The van der Waals surface area contributed by atoms with Gasteiger partial charge in [0.25, 0.3) is 0 Å². The Hall–Kier alpha value is -1.09. The normalized spacial score (nSPS) is 17.8. The van der Waals surface area contributed by atoms with Crippen molar-refractivity contribution in [2.24, 2.45) is 0 Å². The molecule has 0 amide bonds. The third-order valence-corrected chi connectivity index (χ3v) is 3.26. The van der Waals surface area contributed by atoms with Gasteiger partial charge >= 0.3 is 0 Å². The van der Waals surface area contributed by atoms with E-state index in [-0.39, 0.29) is 5.82 Å². The molecule has 0 aromatic heterocycles. The number of likely N-dealkylation sites (N-methyl/N-ethyl adjacent to an activating group) is 1. The van der Waals surface area contributed by atoms with Gasteiger partial charge in [0, 0.05) is 26.2 Å². The van der Waals surface area contributed by atoms with Gasteiger partial charge in [-0.1, -0.05) is 13.0 Å². The van der Waals surface area contributed by atoms with Gasteiger partial charge in [-0.3, -0.25) is 0 Å². The molecule has 16 heavy (non-hydrogen) atoms. The monoisotopic (exact) mass is 222 g/mol. The first-order valence-electron chi connectivity index (χ1n) is 5.92. The second kappa shape index (κ2) is 4.83. The lowest BCUT2D eigenvalue weighted by Crippen LogP contribution is -2.44. The molecule has 2 rings (SSSR count). The van der Waals surface area contributed by atoms with Crippen LogP contribution in [0.5, 0.6) is 0 Å². The zero-order valence-electron chi connectivity index (χ0n) is 10.0. The van der Waals surface area contributed by atoms with Crippen LogP contribution in [0.4, 0.5) is 10.1 Å². The molecule has 1 saturated heterocycles. The molecule has 1 aromatic carbocycles. The van der Waals surface area contributed by atoms with E-state index in [1.165, 1.54) is 5.56 Å². The fraction of sp³-hybridized carbons (Fsp3) is 0.538. The molecular formula is C13H19FN2. The van der Waals surface area contributed by atoms with Crippen LogP contribution in [0.25, 0.3) is 0 Å². The molecule has 0 unspecified atom stereocenters. The van der Waals surface area contributed by atoms with Gasteiger partial charge in [-0.05, 0) is 31.2 Å². The van der Waals surface area contributed by atoms with Crippen LogP contribution in [0.2, 0.25) is 0 Å². The highest BCUT2D eigenvalue weighted by Crippen LogP contribution is 2.22. The molecule has 0 radical (unpaired) electrons. The highest BCUT2D eigenvalue weighted by Gasteiger charge is 2.17. The Morgan fingerprint density at radius 3 is 2.50 bits per heavy atom. The average Bonchev–Trinajstić information content (AvgIpc) is 2.31. The number of benzene rings is 1. The lowest BCUT2D eigenvalue weighted by molar-refractivity contribution is 0.311. The highest BCUT2D eigenvalue weighted by atomic mass is 19.1. The molecule has 0 N–H and O–H groups in total. The molecule has 0 aliphatic carbocycles. The third kappa shape index (κ3) is 2.35.